The number of halogens is 1. The molecule has 5 rings (SSSR count). The van der Waals surface area contributed by atoms with E-state index in [2.05, 4.69) is 27.2 Å². The van der Waals surface area contributed by atoms with Crippen molar-refractivity contribution in [3.05, 3.63) is 76.5 Å². The third-order valence-electron chi connectivity index (χ3n) is 6.51. The molecule has 2 atom stereocenters. The quantitative estimate of drug-likeness (QED) is 0.382. The Kier molecular flexibility index (Phi) is 7.25. The molecule has 0 aliphatic carbocycles. The van der Waals surface area contributed by atoms with Crippen molar-refractivity contribution in [3.8, 4) is 11.1 Å². The van der Waals surface area contributed by atoms with Crippen LogP contribution in [-0.4, -0.2) is 57.0 Å². The summed E-state index contributed by atoms with van der Waals surface area (Å²) in [7, 11) is 2.09. The molecule has 3 heterocycles. The highest BCUT2D eigenvalue weighted by molar-refractivity contribution is 7.90. The number of nitrogens with zero attached hydrogens (tertiary/aromatic N) is 4. The number of aromatic nitrogens is 3. The molecule has 1 saturated heterocycles. The number of nitrogens with one attached hydrogen (secondary N) is 1. The molecular formula is C27H28FN5O3S. The average molecular weight is 522 g/mol. The number of fused-ring (bicyclic) bond motifs is 1. The molecule has 0 spiro atoms. The van der Waals surface area contributed by atoms with Crippen LogP contribution in [0.4, 0.5) is 16.0 Å². The number of rotatable bonds is 6. The van der Waals surface area contributed by atoms with Gasteiger partial charge in [0.15, 0.2) is 4.90 Å². The molecule has 1 aliphatic heterocycles. The lowest BCUT2D eigenvalue weighted by Crippen LogP contribution is -2.35. The number of hydrogen-bond acceptors (Lipinski definition) is 7. The van der Waals surface area contributed by atoms with Crippen molar-refractivity contribution in [2.75, 3.05) is 38.3 Å². The summed E-state index contributed by atoms with van der Waals surface area (Å²) in [4.78, 5) is 25.1. The Balaban J connectivity index is 1.46. The Morgan fingerprint density at radius 1 is 1.19 bits per heavy atom. The van der Waals surface area contributed by atoms with Crippen LogP contribution in [0.2, 0.25) is 0 Å². The van der Waals surface area contributed by atoms with Crippen LogP contribution in [0.5, 0.6) is 0 Å². The predicted octanol–water partition coefficient (Wildman–Crippen LogP) is 4.10. The van der Waals surface area contributed by atoms with E-state index in [9.17, 15) is 13.7 Å². The van der Waals surface area contributed by atoms with E-state index in [4.69, 9.17) is 4.74 Å². The highest BCUT2D eigenvalue weighted by atomic mass is 32.2. The van der Waals surface area contributed by atoms with E-state index < -0.39 is 17.0 Å². The number of benzene rings is 2. The molecule has 192 valence electrons. The Labute approximate surface area is 217 Å². The average Bonchev–Trinajstić information content (AvgIpc) is 2.89. The van der Waals surface area contributed by atoms with Crippen molar-refractivity contribution in [2.24, 2.45) is 0 Å². The van der Waals surface area contributed by atoms with Gasteiger partial charge in [-0.25, -0.2) is 9.37 Å². The van der Waals surface area contributed by atoms with E-state index >= 15 is 0 Å². The lowest BCUT2D eigenvalue weighted by Gasteiger charge is -2.30. The number of ether oxygens (including phenoxy) is 1. The number of pyridine rings is 1. The molecule has 2 aromatic heterocycles. The molecule has 0 amide bonds. The Bertz CT molecular complexity index is 1490. The summed E-state index contributed by atoms with van der Waals surface area (Å²) < 4.78 is 34.0. The third kappa shape index (κ3) is 5.24. The smallest absolute Gasteiger partial charge is 0.260 e. The summed E-state index contributed by atoms with van der Waals surface area (Å²) in [5, 5.41) is 3.79. The van der Waals surface area contributed by atoms with Crippen LogP contribution in [-0.2, 0) is 22.5 Å². The van der Waals surface area contributed by atoms with Crippen molar-refractivity contribution in [1.29, 1.82) is 0 Å². The van der Waals surface area contributed by atoms with Gasteiger partial charge in [-0.3, -0.25) is 9.36 Å². The second-order valence-electron chi connectivity index (χ2n) is 9.04. The fourth-order valence-electron chi connectivity index (χ4n) is 4.48. The van der Waals surface area contributed by atoms with Crippen LogP contribution in [0.15, 0.2) is 64.4 Å². The van der Waals surface area contributed by atoms with Gasteiger partial charge < -0.3 is 19.5 Å². The van der Waals surface area contributed by atoms with Crippen LogP contribution >= 0.6 is 0 Å². The number of likely N-dealkylation sites (N-methyl/N-ethyl adjacent to an activating group) is 1. The van der Waals surface area contributed by atoms with E-state index in [1.807, 2.05) is 31.2 Å². The van der Waals surface area contributed by atoms with Gasteiger partial charge in [0.1, 0.15) is 17.7 Å². The predicted molar refractivity (Wildman–Crippen MR) is 143 cm³/mol. The minimum Gasteiger partial charge on any atom is -0.612 e. The number of aryl methyl sites for hydroxylation is 1. The Morgan fingerprint density at radius 2 is 1.97 bits per heavy atom. The van der Waals surface area contributed by atoms with Gasteiger partial charge in [0.2, 0.25) is 5.95 Å². The fourth-order valence-corrected chi connectivity index (χ4v) is 5.03. The molecule has 1 aliphatic rings. The van der Waals surface area contributed by atoms with Crippen molar-refractivity contribution < 1.29 is 13.7 Å². The number of anilines is 2. The van der Waals surface area contributed by atoms with Crippen molar-refractivity contribution in [1.82, 2.24) is 19.4 Å². The summed E-state index contributed by atoms with van der Waals surface area (Å²) in [5.74, 6) is -0.209. The normalized spacial score (nSPS) is 17.2. The molecule has 1 N–H and O–H groups in total. The maximum absolute atomic E-state index is 14.7. The maximum Gasteiger partial charge on any atom is 0.260 e. The molecular weight excluding hydrogens is 493 g/mol. The molecule has 0 bridgehead atoms. The van der Waals surface area contributed by atoms with Gasteiger partial charge in [0, 0.05) is 48.5 Å². The van der Waals surface area contributed by atoms with Crippen molar-refractivity contribution in [2.45, 2.75) is 24.5 Å². The first-order valence-electron chi connectivity index (χ1n) is 12.0. The molecule has 8 nitrogen and oxygen atoms in total. The van der Waals surface area contributed by atoms with E-state index in [0.29, 0.717) is 35.0 Å². The van der Waals surface area contributed by atoms with Crippen LogP contribution in [0.1, 0.15) is 18.6 Å². The second-order valence-corrected chi connectivity index (χ2v) is 10.4. The van der Waals surface area contributed by atoms with Gasteiger partial charge in [-0.15, -0.1) is 0 Å². The van der Waals surface area contributed by atoms with Gasteiger partial charge in [0.05, 0.1) is 18.3 Å². The molecule has 2 aromatic carbocycles. The molecule has 37 heavy (non-hydrogen) atoms. The summed E-state index contributed by atoms with van der Waals surface area (Å²) in [6, 6.07) is 13.7. The molecule has 10 heteroatoms. The topological polar surface area (TPSA) is 95.3 Å². The van der Waals surface area contributed by atoms with Crippen LogP contribution < -0.4 is 10.9 Å². The first-order valence-corrected chi connectivity index (χ1v) is 13.6. The molecule has 0 radical (unpaired) electrons. The van der Waals surface area contributed by atoms with Crippen LogP contribution in [0.25, 0.3) is 22.2 Å². The summed E-state index contributed by atoms with van der Waals surface area (Å²) in [5.41, 5.74) is 2.26. The zero-order valence-electron chi connectivity index (χ0n) is 20.9. The monoisotopic (exact) mass is 521 g/mol. The van der Waals surface area contributed by atoms with Crippen molar-refractivity contribution >= 4 is 33.8 Å². The first-order chi connectivity index (χ1) is 17.8. The largest absolute Gasteiger partial charge is 0.612 e. The highest BCUT2D eigenvalue weighted by Gasteiger charge is 2.20. The molecule has 4 aromatic rings. The zero-order chi connectivity index (χ0) is 26.1. The Hall–Kier alpha value is -3.31. The number of morpholine rings is 1. The summed E-state index contributed by atoms with van der Waals surface area (Å²) in [6.45, 7) is 4.66. The minimum atomic E-state index is -1.31. The zero-order valence-corrected chi connectivity index (χ0v) is 21.7. The van der Waals surface area contributed by atoms with E-state index in [0.717, 1.165) is 24.3 Å². The van der Waals surface area contributed by atoms with Gasteiger partial charge in [-0.1, -0.05) is 12.1 Å². The van der Waals surface area contributed by atoms with E-state index in [1.165, 1.54) is 29.0 Å². The van der Waals surface area contributed by atoms with E-state index in [-0.39, 0.29) is 22.8 Å². The standard InChI is InChI=1S/C27H28FN5O3S/c1-4-33-25-18(13-22(26(33)34)21-14-20(37(3)35)9-10-23(21)28)15-29-27(31-25)30-19-7-5-17(6-8-19)24-16-32(2)11-12-36-24/h5-10,13-15,24H,4,11-12,16H2,1-3H3,(H,29,30,31). The van der Waals surface area contributed by atoms with Crippen molar-refractivity contribution in [3.63, 3.8) is 0 Å². The van der Waals surface area contributed by atoms with Crippen LogP contribution in [0.3, 0.4) is 0 Å². The summed E-state index contributed by atoms with van der Waals surface area (Å²) in [6.07, 6.45) is 3.17. The Morgan fingerprint density at radius 3 is 2.68 bits per heavy atom. The summed E-state index contributed by atoms with van der Waals surface area (Å²) >= 11 is -1.31. The van der Waals surface area contributed by atoms with Gasteiger partial charge >= 0.3 is 0 Å². The maximum atomic E-state index is 14.7. The highest BCUT2D eigenvalue weighted by Crippen LogP contribution is 2.27. The van der Waals surface area contributed by atoms with Gasteiger partial charge in [0.25, 0.3) is 5.56 Å². The number of hydrogen-bond donors (Lipinski definition) is 1. The molecule has 0 saturated carbocycles. The lowest BCUT2D eigenvalue weighted by atomic mass is 10.1. The molecule has 2 unspecified atom stereocenters. The first kappa shape index (κ1) is 25.3. The minimum absolute atomic E-state index is 0.0424. The van der Waals surface area contributed by atoms with Crippen LogP contribution in [0, 0.1) is 5.82 Å². The lowest BCUT2D eigenvalue weighted by molar-refractivity contribution is -0.0208. The SMILES string of the molecule is CCn1c(=O)c(-c2cc([S+](C)[O-])ccc2F)cc2cnc(Nc3ccc(C4CN(C)CCO4)cc3)nc21. The second kappa shape index (κ2) is 10.6. The van der Waals surface area contributed by atoms with Gasteiger partial charge in [-0.2, -0.15) is 4.98 Å². The van der Waals surface area contributed by atoms with Gasteiger partial charge in [-0.05, 0) is 61.0 Å². The van der Waals surface area contributed by atoms with E-state index in [1.54, 1.807) is 12.3 Å². The third-order valence-corrected chi connectivity index (χ3v) is 7.43. The fraction of sp³-hybridized carbons (Fsp3) is 0.296. The molecule has 1 fully saturated rings.